The molecule has 0 unspecified atom stereocenters. The Hall–Kier alpha value is -2.90. The number of hydrogen-bond acceptors (Lipinski definition) is 8. The summed E-state index contributed by atoms with van der Waals surface area (Å²) in [5, 5.41) is 0. The minimum absolute atomic E-state index is 0.159. The molecular formula is C20H26O8. The van der Waals surface area contributed by atoms with Gasteiger partial charge in [0.1, 0.15) is 0 Å². The molecule has 1 aromatic carbocycles. The molecule has 0 N–H and O–H groups in total. The van der Waals surface area contributed by atoms with E-state index in [1.807, 2.05) is 13.8 Å². The smallest absolute Gasteiger partial charge is 0.339 e. The lowest BCUT2D eigenvalue weighted by molar-refractivity contribution is 0.0450. The van der Waals surface area contributed by atoms with Crippen molar-refractivity contribution in [3.8, 4) is 0 Å². The number of rotatable bonds is 10. The fourth-order valence-electron chi connectivity index (χ4n) is 2.27. The quantitative estimate of drug-likeness (QED) is 0.338. The molecule has 0 spiro atoms. The average Bonchev–Trinajstić information content (AvgIpc) is 2.71. The second kappa shape index (κ2) is 11.7. The van der Waals surface area contributed by atoms with Crippen LogP contribution in [0.25, 0.3) is 0 Å². The van der Waals surface area contributed by atoms with Crippen molar-refractivity contribution in [1.29, 1.82) is 0 Å². The van der Waals surface area contributed by atoms with Crippen LogP contribution < -0.4 is 0 Å². The van der Waals surface area contributed by atoms with Gasteiger partial charge >= 0.3 is 23.9 Å². The fourth-order valence-corrected chi connectivity index (χ4v) is 2.27. The Morgan fingerprint density at radius 3 is 1.25 bits per heavy atom. The summed E-state index contributed by atoms with van der Waals surface area (Å²) in [6.07, 6.45) is 2.92. The first-order valence-corrected chi connectivity index (χ1v) is 9.10. The van der Waals surface area contributed by atoms with E-state index in [0.29, 0.717) is 12.8 Å². The van der Waals surface area contributed by atoms with Crippen molar-refractivity contribution < 1.29 is 38.1 Å². The summed E-state index contributed by atoms with van der Waals surface area (Å²) in [6.45, 7) is 4.19. The first kappa shape index (κ1) is 23.1. The zero-order valence-corrected chi connectivity index (χ0v) is 16.7. The van der Waals surface area contributed by atoms with Gasteiger partial charge in [0, 0.05) is 0 Å². The Kier molecular flexibility index (Phi) is 9.70. The molecule has 0 saturated carbocycles. The van der Waals surface area contributed by atoms with Crippen LogP contribution in [-0.2, 0) is 18.9 Å². The van der Waals surface area contributed by atoms with E-state index in [9.17, 15) is 19.2 Å². The Morgan fingerprint density at radius 2 is 0.964 bits per heavy atom. The number of carbonyl (C=O) groups excluding carboxylic acids is 4. The SMILES string of the molecule is CCCCOC(=O)c1cc(C(=O)OC)c(C(=O)OC)cc1C(=O)OCCCC. The molecule has 0 bridgehead atoms. The van der Waals surface area contributed by atoms with Crippen molar-refractivity contribution in [1.82, 2.24) is 0 Å². The van der Waals surface area contributed by atoms with Crippen LogP contribution in [0.5, 0.6) is 0 Å². The number of carbonyl (C=O) groups is 4. The molecule has 0 aromatic heterocycles. The number of ether oxygens (including phenoxy) is 4. The number of esters is 4. The Bertz CT molecular complexity index is 662. The molecule has 8 heteroatoms. The molecule has 0 fully saturated rings. The molecule has 1 aromatic rings. The highest BCUT2D eigenvalue weighted by molar-refractivity contribution is 6.10. The van der Waals surface area contributed by atoms with Crippen molar-refractivity contribution in [2.24, 2.45) is 0 Å². The minimum Gasteiger partial charge on any atom is -0.465 e. The third-order valence-corrected chi connectivity index (χ3v) is 3.87. The van der Waals surface area contributed by atoms with Crippen LogP contribution in [0.3, 0.4) is 0 Å². The van der Waals surface area contributed by atoms with Gasteiger partial charge in [0.25, 0.3) is 0 Å². The van der Waals surface area contributed by atoms with E-state index in [-0.39, 0.29) is 35.5 Å². The standard InChI is InChI=1S/C20H26O8/c1-5-7-9-27-19(23)15-11-13(17(21)25-3)14(18(22)26-4)12-16(15)20(24)28-10-8-6-2/h11-12H,5-10H2,1-4H3. The van der Waals surface area contributed by atoms with E-state index in [1.165, 1.54) is 0 Å². The van der Waals surface area contributed by atoms with Crippen LogP contribution in [0.4, 0.5) is 0 Å². The molecule has 8 nitrogen and oxygen atoms in total. The molecule has 0 atom stereocenters. The van der Waals surface area contributed by atoms with Crippen LogP contribution >= 0.6 is 0 Å². The Labute approximate surface area is 164 Å². The first-order chi connectivity index (χ1) is 13.4. The maximum absolute atomic E-state index is 12.5. The topological polar surface area (TPSA) is 105 Å². The summed E-state index contributed by atoms with van der Waals surface area (Å²) >= 11 is 0. The lowest BCUT2D eigenvalue weighted by atomic mass is 9.98. The molecule has 0 aliphatic rings. The summed E-state index contributed by atoms with van der Waals surface area (Å²) in [7, 11) is 2.27. The van der Waals surface area contributed by atoms with Crippen LogP contribution in [0.2, 0.25) is 0 Å². The Balaban J connectivity index is 3.45. The van der Waals surface area contributed by atoms with Gasteiger partial charge in [0.15, 0.2) is 0 Å². The molecule has 1 rings (SSSR count). The molecule has 0 radical (unpaired) electrons. The molecule has 0 amide bonds. The zero-order chi connectivity index (χ0) is 21.1. The van der Waals surface area contributed by atoms with Crippen molar-refractivity contribution in [2.45, 2.75) is 39.5 Å². The van der Waals surface area contributed by atoms with E-state index < -0.39 is 23.9 Å². The second-order valence-corrected chi connectivity index (χ2v) is 5.91. The van der Waals surface area contributed by atoms with Gasteiger partial charge in [-0.15, -0.1) is 0 Å². The van der Waals surface area contributed by atoms with Gasteiger partial charge < -0.3 is 18.9 Å². The maximum atomic E-state index is 12.5. The van der Waals surface area contributed by atoms with Crippen molar-refractivity contribution in [3.63, 3.8) is 0 Å². The highest BCUT2D eigenvalue weighted by Crippen LogP contribution is 2.22. The van der Waals surface area contributed by atoms with Gasteiger partial charge in [-0.1, -0.05) is 26.7 Å². The van der Waals surface area contributed by atoms with Crippen molar-refractivity contribution >= 4 is 23.9 Å². The van der Waals surface area contributed by atoms with E-state index in [4.69, 9.17) is 9.47 Å². The van der Waals surface area contributed by atoms with Gasteiger partial charge in [0.2, 0.25) is 0 Å². The lowest BCUT2D eigenvalue weighted by Crippen LogP contribution is -2.20. The molecule has 28 heavy (non-hydrogen) atoms. The number of benzene rings is 1. The highest BCUT2D eigenvalue weighted by Gasteiger charge is 2.28. The van der Waals surface area contributed by atoms with Crippen LogP contribution in [0, 0.1) is 0 Å². The minimum atomic E-state index is -0.853. The van der Waals surface area contributed by atoms with E-state index in [1.54, 1.807) is 0 Å². The highest BCUT2D eigenvalue weighted by atomic mass is 16.5. The van der Waals surface area contributed by atoms with Gasteiger partial charge in [-0.25, -0.2) is 19.2 Å². The third kappa shape index (κ3) is 6.07. The molecule has 154 valence electrons. The maximum Gasteiger partial charge on any atom is 0.339 e. The van der Waals surface area contributed by atoms with Crippen molar-refractivity contribution in [3.05, 3.63) is 34.4 Å². The second-order valence-electron chi connectivity index (χ2n) is 5.91. The normalized spacial score (nSPS) is 10.1. The first-order valence-electron chi connectivity index (χ1n) is 9.10. The fraction of sp³-hybridized carbons (Fsp3) is 0.500. The summed E-state index contributed by atoms with van der Waals surface area (Å²) in [5.74, 6) is -3.29. The average molecular weight is 394 g/mol. The lowest BCUT2D eigenvalue weighted by Gasteiger charge is -2.14. The monoisotopic (exact) mass is 394 g/mol. The van der Waals surface area contributed by atoms with Gasteiger partial charge in [0.05, 0.1) is 49.7 Å². The molecule has 0 aliphatic heterocycles. The summed E-state index contributed by atoms with van der Waals surface area (Å²) < 4.78 is 19.7. The summed E-state index contributed by atoms with van der Waals surface area (Å²) in [5.41, 5.74) is -0.764. The van der Waals surface area contributed by atoms with Gasteiger partial charge in [-0.3, -0.25) is 0 Å². The van der Waals surface area contributed by atoms with Crippen LogP contribution in [-0.4, -0.2) is 51.3 Å². The summed E-state index contributed by atoms with van der Waals surface area (Å²) in [6, 6.07) is 2.20. The molecular weight excluding hydrogens is 368 g/mol. The van der Waals surface area contributed by atoms with Gasteiger partial charge in [-0.2, -0.15) is 0 Å². The Morgan fingerprint density at radius 1 is 0.643 bits per heavy atom. The van der Waals surface area contributed by atoms with E-state index in [0.717, 1.165) is 39.2 Å². The molecule has 0 saturated heterocycles. The number of unbranched alkanes of at least 4 members (excludes halogenated alkanes) is 2. The van der Waals surface area contributed by atoms with Crippen molar-refractivity contribution in [2.75, 3.05) is 27.4 Å². The third-order valence-electron chi connectivity index (χ3n) is 3.87. The van der Waals surface area contributed by atoms with Gasteiger partial charge in [-0.05, 0) is 25.0 Å². The predicted molar refractivity (Wildman–Crippen MR) is 99.5 cm³/mol. The van der Waals surface area contributed by atoms with E-state index in [2.05, 4.69) is 9.47 Å². The molecule has 0 heterocycles. The number of hydrogen-bond donors (Lipinski definition) is 0. The van der Waals surface area contributed by atoms with Crippen LogP contribution in [0.1, 0.15) is 81.0 Å². The van der Waals surface area contributed by atoms with E-state index >= 15 is 0 Å². The largest absolute Gasteiger partial charge is 0.465 e. The zero-order valence-electron chi connectivity index (χ0n) is 16.7. The number of methoxy groups -OCH3 is 2. The molecule has 0 aliphatic carbocycles. The van der Waals surface area contributed by atoms with Crippen LogP contribution in [0.15, 0.2) is 12.1 Å². The predicted octanol–water partition coefficient (Wildman–Crippen LogP) is 3.17. The summed E-state index contributed by atoms with van der Waals surface area (Å²) in [4.78, 5) is 49.1.